The van der Waals surface area contributed by atoms with Gasteiger partial charge in [-0.1, -0.05) is 19.9 Å². The molecule has 0 amide bonds. The molecule has 1 aromatic rings. The summed E-state index contributed by atoms with van der Waals surface area (Å²) in [5.74, 6) is 1.36. The maximum Gasteiger partial charge on any atom is 0.203 e. The van der Waals surface area contributed by atoms with Crippen molar-refractivity contribution in [1.82, 2.24) is 9.56 Å². The van der Waals surface area contributed by atoms with E-state index in [-0.39, 0.29) is 0 Å². The lowest BCUT2D eigenvalue weighted by Gasteiger charge is -2.11. The molecule has 0 spiro atoms. The SMILES string of the molecule is CCC(C)c1ccc2nc3ccc(=[N+](C)C)cc-3oc2c1. The summed E-state index contributed by atoms with van der Waals surface area (Å²) in [6.45, 7) is 4.44. The van der Waals surface area contributed by atoms with Crippen molar-refractivity contribution >= 4 is 11.1 Å². The number of nitrogens with zero attached hydrogens (tertiary/aromatic N) is 2. The van der Waals surface area contributed by atoms with E-state index in [1.165, 1.54) is 5.56 Å². The van der Waals surface area contributed by atoms with Crippen molar-refractivity contribution in [3.63, 3.8) is 0 Å². The third kappa shape index (κ3) is 2.56. The Morgan fingerprint density at radius 2 is 1.95 bits per heavy atom. The molecule has 2 aliphatic rings. The van der Waals surface area contributed by atoms with Crippen molar-refractivity contribution in [1.29, 1.82) is 0 Å². The average molecular weight is 281 g/mol. The Hall–Kier alpha value is -2.16. The highest BCUT2D eigenvalue weighted by Crippen LogP contribution is 2.27. The summed E-state index contributed by atoms with van der Waals surface area (Å²) in [6, 6.07) is 12.4. The summed E-state index contributed by atoms with van der Waals surface area (Å²) >= 11 is 0. The highest BCUT2D eigenvalue weighted by atomic mass is 16.3. The Balaban J connectivity index is 2.25. The first-order valence-corrected chi connectivity index (χ1v) is 7.43. The van der Waals surface area contributed by atoms with Crippen molar-refractivity contribution in [2.24, 2.45) is 0 Å². The fourth-order valence-corrected chi connectivity index (χ4v) is 2.45. The molecule has 1 unspecified atom stereocenters. The molecule has 3 nitrogen and oxygen atoms in total. The van der Waals surface area contributed by atoms with Crippen molar-refractivity contribution < 1.29 is 4.42 Å². The van der Waals surface area contributed by atoms with Gasteiger partial charge >= 0.3 is 0 Å². The normalized spacial score (nSPS) is 12.8. The van der Waals surface area contributed by atoms with Crippen LogP contribution >= 0.6 is 0 Å². The van der Waals surface area contributed by atoms with Crippen LogP contribution in [0, 0.1) is 0 Å². The second-order valence-electron chi connectivity index (χ2n) is 5.80. The van der Waals surface area contributed by atoms with Crippen LogP contribution in [0.1, 0.15) is 31.7 Å². The lowest BCUT2D eigenvalue weighted by molar-refractivity contribution is 0.608. The van der Waals surface area contributed by atoms with Crippen molar-refractivity contribution in [3.05, 3.63) is 47.3 Å². The van der Waals surface area contributed by atoms with E-state index in [4.69, 9.17) is 9.40 Å². The van der Waals surface area contributed by atoms with E-state index < -0.39 is 0 Å². The van der Waals surface area contributed by atoms with Crippen LogP contribution in [0.5, 0.6) is 0 Å². The topological polar surface area (TPSA) is 29.0 Å². The maximum absolute atomic E-state index is 6.08. The van der Waals surface area contributed by atoms with Gasteiger partial charge in [-0.3, -0.25) is 0 Å². The molecule has 0 N–H and O–H groups in total. The first-order valence-electron chi connectivity index (χ1n) is 7.43. The van der Waals surface area contributed by atoms with Crippen molar-refractivity contribution in [3.8, 4) is 11.5 Å². The molecule has 1 aliphatic carbocycles. The molecule has 0 radical (unpaired) electrons. The van der Waals surface area contributed by atoms with Gasteiger partial charge in [0.25, 0.3) is 0 Å². The molecule has 0 saturated heterocycles. The Morgan fingerprint density at radius 3 is 2.67 bits per heavy atom. The Morgan fingerprint density at radius 1 is 1.14 bits per heavy atom. The third-order valence-electron chi connectivity index (χ3n) is 4.09. The smallest absolute Gasteiger partial charge is 0.203 e. The maximum atomic E-state index is 6.08. The van der Waals surface area contributed by atoms with E-state index in [0.29, 0.717) is 5.92 Å². The van der Waals surface area contributed by atoms with Crippen LogP contribution in [0.25, 0.3) is 22.6 Å². The first kappa shape index (κ1) is 13.8. The predicted octanol–water partition coefficient (Wildman–Crippen LogP) is 3.48. The molecule has 108 valence electrons. The van der Waals surface area contributed by atoms with E-state index in [1.807, 2.05) is 26.2 Å². The molecule has 21 heavy (non-hydrogen) atoms. The number of aromatic nitrogens is 1. The highest BCUT2D eigenvalue weighted by Gasteiger charge is 2.12. The number of benzene rings is 2. The zero-order valence-electron chi connectivity index (χ0n) is 13.1. The minimum Gasteiger partial charge on any atom is -0.453 e. The second kappa shape index (κ2) is 5.32. The van der Waals surface area contributed by atoms with Crippen LogP contribution in [0.2, 0.25) is 0 Å². The lowest BCUT2D eigenvalue weighted by Crippen LogP contribution is -2.21. The fraction of sp³-hybridized carbons (Fsp3) is 0.333. The standard InChI is InChI=1S/C18H21N2O/c1-5-12(2)13-6-8-15-17(10-13)21-18-11-14(20(3)4)7-9-16(18)19-15/h6-12H,5H2,1-4H3/q+1. The van der Waals surface area contributed by atoms with Crippen LogP contribution in [0.3, 0.4) is 0 Å². The van der Waals surface area contributed by atoms with Gasteiger partial charge < -0.3 is 4.42 Å². The van der Waals surface area contributed by atoms with E-state index in [2.05, 4.69) is 42.7 Å². The summed E-state index contributed by atoms with van der Waals surface area (Å²) in [5, 5.41) is 1.12. The predicted molar refractivity (Wildman–Crippen MR) is 86.5 cm³/mol. The molecule has 3 heteroatoms. The van der Waals surface area contributed by atoms with Gasteiger partial charge in [-0.15, -0.1) is 0 Å². The van der Waals surface area contributed by atoms with E-state index in [9.17, 15) is 0 Å². The van der Waals surface area contributed by atoms with Gasteiger partial charge in [0, 0.05) is 6.07 Å². The molecule has 0 bridgehead atoms. The minimum atomic E-state index is 0.536. The van der Waals surface area contributed by atoms with Gasteiger partial charge in [0.1, 0.15) is 25.3 Å². The Kier molecular flexibility index (Phi) is 3.50. The van der Waals surface area contributed by atoms with Crippen molar-refractivity contribution in [2.45, 2.75) is 26.2 Å². The summed E-state index contributed by atoms with van der Waals surface area (Å²) in [4.78, 5) is 4.69. The molecule has 0 saturated carbocycles. The van der Waals surface area contributed by atoms with Crippen LogP contribution < -0.4 is 9.93 Å². The quantitative estimate of drug-likeness (QED) is 0.531. The Bertz CT molecular complexity index is 828. The fourth-order valence-electron chi connectivity index (χ4n) is 2.45. The van der Waals surface area contributed by atoms with E-state index >= 15 is 0 Å². The molecule has 0 aromatic heterocycles. The summed E-state index contributed by atoms with van der Waals surface area (Å²) in [5.41, 5.74) is 3.96. The highest BCUT2D eigenvalue weighted by molar-refractivity contribution is 5.77. The average Bonchev–Trinajstić information content (AvgIpc) is 2.50. The summed E-state index contributed by atoms with van der Waals surface area (Å²) in [6.07, 6.45) is 1.12. The van der Waals surface area contributed by atoms with E-state index in [1.54, 1.807) is 0 Å². The monoisotopic (exact) mass is 281 g/mol. The number of hydrogen-bond donors (Lipinski definition) is 0. The van der Waals surface area contributed by atoms with Gasteiger partial charge in [0.05, 0.1) is 6.07 Å². The van der Waals surface area contributed by atoms with Crippen LogP contribution in [0.15, 0.2) is 40.8 Å². The third-order valence-corrected chi connectivity index (χ3v) is 4.09. The zero-order chi connectivity index (χ0) is 15.0. The van der Waals surface area contributed by atoms with Gasteiger partial charge in [-0.05, 0) is 36.1 Å². The largest absolute Gasteiger partial charge is 0.453 e. The molecule has 1 aromatic carbocycles. The van der Waals surface area contributed by atoms with Crippen LogP contribution in [-0.2, 0) is 0 Å². The first-order chi connectivity index (χ1) is 10.1. The van der Waals surface area contributed by atoms with Crippen LogP contribution in [0.4, 0.5) is 0 Å². The molecular weight excluding hydrogens is 260 g/mol. The second-order valence-corrected chi connectivity index (χ2v) is 5.80. The summed E-state index contributed by atoms with van der Waals surface area (Å²) in [7, 11) is 4.05. The van der Waals surface area contributed by atoms with E-state index in [0.717, 1.165) is 34.3 Å². The molecule has 1 aliphatic heterocycles. The molecule has 0 fully saturated rings. The number of hydrogen-bond acceptors (Lipinski definition) is 2. The van der Waals surface area contributed by atoms with Crippen LogP contribution in [-0.4, -0.2) is 19.1 Å². The van der Waals surface area contributed by atoms with Gasteiger partial charge in [-0.2, -0.15) is 0 Å². The number of fused-ring (bicyclic) bond motifs is 2. The lowest BCUT2D eigenvalue weighted by atomic mass is 9.98. The molecule has 1 atom stereocenters. The molecule has 3 rings (SSSR count). The van der Waals surface area contributed by atoms with Gasteiger partial charge in [-0.25, -0.2) is 9.56 Å². The summed E-state index contributed by atoms with van der Waals surface area (Å²) < 4.78 is 8.15. The van der Waals surface area contributed by atoms with Crippen molar-refractivity contribution in [2.75, 3.05) is 14.1 Å². The molecular formula is C18H21N2O+. The minimum absolute atomic E-state index is 0.536. The van der Waals surface area contributed by atoms with Gasteiger partial charge in [0.15, 0.2) is 11.3 Å². The van der Waals surface area contributed by atoms with Gasteiger partial charge in [0.2, 0.25) is 5.36 Å². The zero-order valence-corrected chi connectivity index (χ0v) is 13.1. The Labute approximate surface area is 124 Å². The number of rotatable bonds is 2. The molecule has 1 heterocycles.